The molecule has 3 aliphatic rings. The molecule has 2 N–H and O–H groups in total. The molecule has 0 radical (unpaired) electrons. The number of nitrogens with one attached hydrogen (secondary N) is 2. The summed E-state index contributed by atoms with van der Waals surface area (Å²) < 4.78 is 12.2. The Kier molecular flexibility index (Phi) is 8.20. The van der Waals surface area contributed by atoms with Crippen molar-refractivity contribution in [3.05, 3.63) is 114 Å². The number of amides is 4. The molecule has 14 nitrogen and oxygen atoms in total. The van der Waals surface area contributed by atoms with Gasteiger partial charge in [0.05, 0.1) is 23.5 Å². The van der Waals surface area contributed by atoms with Crippen molar-refractivity contribution in [3.63, 3.8) is 0 Å². The molecular weight excluding hydrogens is 664 g/mol. The molecule has 2 aliphatic heterocycles. The molecule has 52 heavy (non-hydrogen) atoms. The van der Waals surface area contributed by atoms with Crippen molar-refractivity contribution >= 4 is 29.3 Å². The molecule has 4 heterocycles. The quantitative estimate of drug-likeness (QED) is 0.196. The monoisotopic (exact) mass is 698 g/mol. The highest BCUT2D eigenvalue weighted by Gasteiger charge is 2.45. The summed E-state index contributed by atoms with van der Waals surface area (Å²) in [6, 6.07) is 23.7. The van der Waals surface area contributed by atoms with Crippen LogP contribution in [0.1, 0.15) is 71.4 Å². The predicted molar refractivity (Wildman–Crippen MR) is 186 cm³/mol. The lowest BCUT2D eigenvalue weighted by Crippen LogP contribution is -2.54. The van der Waals surface area contributed by atoms with E-state index in [0.717, 1.165) is 34.6 Å². The van der Waals surface area contributed by atoms with Gasteiger partial charge in [0, 0.05) is 42.5 Å². The van der Waals surface area contributed by atoms with E-state index >= 15 is 0 Å². The van der Waals surface area contributed by atoms with E-state index in [0.29, 0.717) is 23.1 Å². The van der Waals surface area contributed by atoms with Gasteiger partial charge in [-0.2, -0.15) is 10.2 Å². The summed E-state index contributed by atoms with van der Waals surface area (Å²) in [6.45, 7) is 4.34. The summed E-state index contributed by atoms with van der Waals surface area (Å²) in [5, 5.41) is 22.0. The number of nitrogens with zero attached hydrogens (tertiary/aromatic N) is 6. The molecule has 3 aromatic carbocycles. The van der Waals surface area contributed by atoms with E-state index in [1.54, 1.807) is 42.7 Å². The van der Waals surface area contributed by atoms with Gasteiger partial charge < -0.3 is 14.8 Å². The zero-order valence-electron chi connectivity index (χ0n) is 28.4. The largest absolute Gasteiger partial charge is 0.490 e. The van der Waals surface area contributed by atoms with Gasteiger partial charge in [-0.15, -0.1) is 15.0 Å². The Morgan fingerprint density at radius 3 is 2.12 bits per heavy atom. The summed E-state index contributed by atoms with van der Waals surface area (Å²) in [4.78, 5) is 52.4. The number of fused-ring (bicyclic) bond motifs is 1. The maximum atomic E-state index is 13.2. The van der Waals surface area contributed by atoms with Crippen LogP contribution in [0.4, 0.5) is 5.69 Å². The van der Waals surface area contributed by atoms with E-state index in [1.165, 1.54) is 4.80 Å². The summed E-state index contributed by atoms with van der Waals surface area (Å²) in [7, 11) is 0. The number of carbonyl (C=O) groups is 4. The molecule has 14 heteroatoms. The SMILES string of the molecule is CC(C)(c1ccc(Oc2ccc(-n3nccn3)nn2)cc1)c1ccc(OC2CC(Nc3ccc4c(c3)C(=O)N(C3CCC(=O)NC3=O)C4=O)C2)cc1. The van der Waals surface area contributed by atoms with Crippen LogP contribution in [0.5, 0.6) is 17.4 Å². The van der Waals surface area contributed by atoms with Crippen molar-refractivity contribution in [2.24, 2.45) is 0 Å². The van der Waals surface area contributed by atoms with E-state index < -0.39 is 29.7 Å². The van der Waals surface area contributed by atoms with Crippen molar-refractivity contribution in [2.75, 3.05) is 5.32 Å². The van der Waals surface area contributed by atoms with Crippen molar-refractivity contribution in [1.82, 2.24) is 35.4 Å². The Morgan fingerprint density at radius 2 is 1.46 bits per heavy atom. The van der Waals surface area contributed by atoms with Crippen LogP contribution >= 0.6 is 0 Å². The molecule has 1 aliphatic carbocycles. The second kappa shape index (κ2) is 13.0. The van der Waals surface area contributed by atoms with Gasteiger partial charge >= 0.3 is 0 Å². The highest BCUT2D eigenvalue weighted by Crippen LogP contribution is 2.36. The van der Waals surface area contributed by atoms with E-state index in [1.807, 2.05) is 36.4 Å². The first kappa shape index (κ1) is 32.7. The standard InChI is InChI=1S/C38H34N8O6/c1-38(2,23-5-10-27(11-6-23)52-34-16-14-32(43-44-34)46-39-17-18-40-46)22-3-8-26(9-4-22)51-28-19-25(20-28)41-24-7-12-29-30(21-24)37(50)45(36(29)49)31-13-15-33(47)42-35(31)48/h3-12,14,16-18,21,25,28,31,41H,13,15,19-20H2,1-2H3,(H,42,47,48). The minimum atomic E-state index is -0.989. The van der Waals surface area contributed by atoms with E-state index in [2.05, 4.69) is 57.0 Å². The average molecular weight is 699 g/mol. The van der Waals surface area contributed by atoms with Crippen LogP contribution in [0.2, 0.25) is 0 Å². The molecule has 5 aromatic rings. The van der Waals surface area contributed by atoms with E-state index in [9.17, 15) is 19.2 Å². The number of ether oxygens (including phenoxy) is 2. The highest BCUT2D eigenvalue weighted by atomic mass is 16.5. The van der Waals surface area contributed by atoms with Crippen LogP contribution in [0, 0.1) is 0 Å². The zero-order valence-corrected chi connectivity index (χ0v) is 28.4. The molecule has 0 bridgehead atoms. The third-order valence-electron chi connectivity index (χ3n) is 9.83. The normalized spacial score (nSPS) is 19.9. The van der Waals surface area contributed by atoms with Crippen molar-refractivity contribution in [3.8, 4) is 23.2 Å². The van der Waals surface area contributed by atoms with Crippen LogP contribution < -0.4 is 20.1 Å². The summed E-state index contributed by atoms with van der Waals surface area (Å²) in [6.07, 6.45) is 4.91. The molecule has 1 atom stereocenters. The van der Waals surface area contributed by atoms with Crippen LogP contribution in [0.15, 0.2) is 91.3 Å². The van der Waals surface area contributed by atoms with Crippen molar-refractivity contribution in [2.45, 2.75) is 63.1 Å². The first-order valence-electron chi connectivity index (χ1n) is 17.0. The lowest BCUT2D eigenvalue weighted by Gasteiger charge is -2.36. The minimum absolute atomic E-state index is 0.0349. The second-order valence-corrected chi connectivity index (χ2v) is 13.6. The van der Waals surface area contributed by atoms with E-state index in [-0.39, 0.29) is 41.5 Å². The number of hydrogen-bond acceptors (Lipinski definition) is 11. The van der Waals surface area contributed by atoms with Crippen molar-refractivity contribution < 1.29 is 28.7 Å². The van der Waals surface area contributed by atoms with Gasteiger partial charge in [0.25, 0.3) is 11.8 Å². The summed E-state index contributed by atoms with van der Waals surface area (Å²) >= 11 is 0. The third kappa shape index (κ3) is 6.23. The Labute approximate surface area is 298 Å². The molecule has 1 saturated heterocycles. The predicted octanol–water partition coefficient (Wildman–Crippen LogP) is 4.60. The fraction of sp³-hybridized carbons (Fsp3) is 0.263. The molecular formula is C38H34N8O6. The second-order valence-electron chi connectivity index (χ2n) is 13.6. The van der Waals surface area contributed by atoms with Gasteiger partial charge in [-0.1, -0.05) is 38.1 Å². The highest BCUT2D eigenvalue weighted by molar-refractivity contribution is 6.23. The number of anilines is 1. The Morgan fingerprint density at radius 1 is 0.788 bits per heavy atom. The number of imide groups is 2. The van der Waals surface area contributed by atoms with Crippen LogP contribution in [-0.4, -0.2) is 71.9 Å². The lowest BCUT2D eigenvalue weighted by atomic mass is 9.78. The van der Waals surface area contributed by atoms with Gasteiger partial charge in [-0.25, -0.2) is 0 Å². The molecule has 1 saturated carbocycles. The molecule has 4 amide bonds. The van der Waals surface area contributed by atoms with Gasteiger partial charge in [0.15, 0.2) is 5.82 Å². The molecule has 1 unspecified atom stereocenters. The van der Waals surface area contributed by atoms with Gasteiger partial charge in [-0.3, -0.25) is 29.4 Å². The molecule has 0 spiro atoms. The lowest BCUT2D eigenvalue weighted by molar-refractivity contribution is -0.136. The van der Waals surface area contributed by atoms with Gasteiger partial charge in [0.1, 0.15) is 23.6 Å². The summed E-state index contributed by atoms with van der Waals surface area (Å²) in [5.74, 6) is 0.222. The van der Waals surface area contributed by atoms with Crippen LogP contribution in [0.3, 0.4) is 0 Å². The van der Waals surface area contributed by atoms with Gasteiger partial charge in [0.2, 0.25) is 17.7 Å². The number of rotatable bonds is 10. The smallest absolute Gasteiger partial charge is 0.262 e. The number of hydrogen-bond donors (Lipinski definition) is 2. The first-order chi connectivity index (χ1) is 25.1. The fourth-order valence-electron chi connectivity index (χ4n) is 6.75. The number of aromatic nitrogens is 5. The maximum Gasteiger partial charge on any atom is 0.262 e. The first-order valence-corrected chi connectivity index (χ1v) is 17.0. The summed E-state index contributed by atoms with van der Waals surface area (Å²) in [5.41, 5.74) is 3.20. The minimum Gasteiger partial charge on any atom is -0.490 e. The Bertz CT molecular complexity index is 2160. The molecule has 2 aromatic heterocycles. The number of piperidine rings is 1. The molecule has 8 rings (SSSR count). The number of carbonyl (C=O) groups excluding carboxylic acids is 4. The van der Waals surface area contributed by atoms with E-state index in [4.69, 9.17) is 9.47 Å². The molecule has 262 valence electrons. The van der Waals surface area contributed by atoms with Crippen molar-refractivity contribution in [1.29, 1.82) is 0 Å². The zero-order chi connectivity index (χ0) is 36.0. The number of benzene rings is 3. The average Bonchev–Trinajstić information content (AvgIpc) is 3.75. The maximum absolute atomic E-state index is 13.2. The van der Waals surface area contributed by atoms with Gasteiger partial charge in [-0.05, 0) is 66.1 Å². The topological polar surface area (TPSA) is 171 Å². The van der Waals surface area contributed by atoms with Crippen LogP contribution in [0.25, 0.3) is 5.82 Å². The van der Waals surface area contributed by atoms with Crippen LogP contribution in [-0.2, 0) is 15.0 Å². The third-order valence-corrected chi connectivity index (χ3v) is 9.83. The fourth-order valence-corrected chi connectivity index (χ4v) is 6.75. The Hall–Kier alpha value is -6.44. The Balaban J connectivity index is 0.831. The molecule has 2 fully saturated rings.